The maximum Gasteiger partial charge on any atom is 0.344 e. The van der Waals surface area contributed by atoms with E-state index in [-0.39, 0.29) is 17.9 Å². The van der Waals surface area contributed by atoms with Crippen molar-refractivity contribution in [3.05, 3.63) is 24.3 Å². The number of ether oxygens (including phenoxy) is 2. The number of benzene rings is 1. The van der Waals surface area contributed by atoms with Crippen molar-refractivity contribution in [3.63, 3.8) is 0 Å². The minimum Gasteiger partial charge on any atom is -0.482 e. The van der Waals surface area contributed by atoms with Crippen molar-refractivity contribution in [2.45, 2.75) is 45.4 Å². The van der Waals surface area contributed by atoms with Gasteiger partial charge in [-0.1, -0.05) is 6.07 Å². The van der Waals surface area contributed by atoms with Crippen LogP contribution in [0.25, 0.3) is 0 Å². The standard InChI is InChI=1S/C21H27NO4/c1-2-25-19(23)13-26-18-5-3-4-17(9-18)22-20(24)21-10-14-6-15(11-21)8-16(7-14)12-21/h3-5,9,14-16H,2,6-8,10-13H2,1H3,(H,22,24). The van der Waals surface area contributed by atoms with Gasteiger partial charge in [0.05, 0.1) is 12.0 Å². The lowest BCUT2D eigenvalue weighted by Crippen LogP contribution is -2.51. The molecule has 0 unspecified atom stereocenters. The molecule has 4 bridgehead atoms. The van der Waals surface area contributed by atoms with Gasteiger partial charge in [-0.05, 0) is 75.3 Å². The van der Waals surface area contributed by atoms with E-state index in [0.717, 1.165) is 42.7 Å². The van der Waals surface area contributed by atoms with Crippen LogP contribution in [0.4, 0.5) is 5.69 Å². The SMILES string of the molecule is CCOC(=O)COc1cccc(NC(=O)C23CC4CC(CC(C4)C2)C3)c1. The Hall–Kier alpha value is -2.04. The van der Waals surface area contributed by atoms with Crippen LogP contribution in [0.3, 0.4) is 0 Å². The highest BCUT2D eigenvalue weighted by Gasteiger charge is 2.54. The molecule has 0 atom stereocenters. The van der Waals surface area contributed by atoms with E-state index < -0.39 is 5.97 Å². The molecule has 5 heteroatoms. The van der Waals surface area contributed by atoms with E-state index in [4.69, 9.17) is 9.47 Å². The van der Waals surface area contributed by atoms with Gasteiger partial charge >= 0.3 is 5.97 Å². The smallest absolute Gasteiger partial charge is 0.344 e. The van der Waals surface area contributed by atoms with Crippen LogP contribution in [0, 0.1) is 23.2 Å². The first kappa shape index (κ1) is 17.4. The number of nitrogens with one attached hydrogen (secondary N) is 1. The maximum atomic E-state index is 13.1. The zero-order valence-electron chi connectivity index (χ0n) is 15.3. The summed E-state index contributed by atoms with van der Waals surface area (Å²) in [5.41, 5.74) is 0.559. The van der Waals surface area contributed by atoms with Crippen molar-refractivity contribution in [3.8, 4) is 5.75 Å². The van der Waals surface area contributed by atoms with Crippen LogP contribution in [-0.2, 0) is 14.3 Å². The lowest BCUT2D eigenvalue weighted by molar-refractivity contribution is -0.145. The number of carbonyl (C=O) groups excluding carboxylic acids is 2. The molecular formula is C21H27NO4. The monoisotopic (exact) mass is 357 g/mol. The number of anilines is 1. The molecule has 5 nitrogen and oxygen atoms in total. The predicted octanol–water partition coefficient (Wildman–Crippen LogP) is 3.78. The highest BCUT2D eigenvalue weighted by atomic mass is 16.6. The zero-order chi connectivity index (χ0) is 18.1. The molecule has 1 N–H and O–H groups in total. The molecule has 0 radical (unpaired) electrons. The highest BCUT2D eigenvalue weighted by Crippen LogP contribution is 2.60. The summed E-state index contributed by atoms with van der Waals surface area (Å²) >= 11 is 0. The Morgan fingerprint density at radius 3 is 2.38 bits per heavy atom. The maximum absolute atomic E-state index is 13.1. The largest absolute Gasteiger partial charge is 0.482 e. The van der Waals surface area contributed by atoms with Crippen LogP contribution in [0.1, 0.15) is 45.4 Å². The summed E-state index contributed by atoms with van der Waals surface area (Å²) in [6, 6.07) is 7.25. The van der Waals surface area contributed by atoms with Gasteiger partial charge in [-0.15, -0.1) is 0 Å². The van der Waals surface area contributed by atoms with E-state index in [1.54, 1.807) is 19.1 Å². The van der Waals surface area contributed by atoms with Gasteiger partial charge in [0.1, 0.15) is 5.75 Å². The van der Waals surface area contributed by atoms with Crippen LogP contribution < -0.4 is 10.1 Å². The molecule has 4 aliphatic rings. The Morgan fingerprint density at radius 2 is 1.77 bits per heavy atom. The number of hydrogen-bond donors (Lipinski definition) is 1. The molecule has 26 heavy (non-hydrogen) atoms. The fraction of sp³-hybridized carbons (Fsp3) is 0.619. The van der Waals surface area contributed by atoms with Crippen molar-refractivity contribution in [1.29, 1.82) is 0 Å². The van der Waals surface area contributed by atoms with Gasteiger partial charge in [-0.2, -0.15) is 0 Å². The summed E-state index contributed by atoms with van der Waals surface area (Å²) in [6.45, 7) is 1.97. The summed E-state index contributed by atoms with van der Waals surface area (Å²) in [5.74, 6) is 2.56. The minimum absolute atomic E-state index is 0.125. The number of carbonyl (C=O) groups is 2. The van der Waals surface area contributed by atoms with Crippen LogP contribution in [0.2, 0.25) is 0 Å². The predicted molar refractivity (Wildman–Crippen MR) is 97.8 cm³/mol. The number of rotatable bonds is 6. The van der Waals surface area contributed by atoms with Gasteiger partial charge in [0.25, 0.3) is 0 Å². The van der Waals surface area contributed by atoms with Crippen molar-refractivity contribution < 1.29 is 19.1 Å². The van der Waals surface area contributed by atoms with Crippen molar-refractivity contribution in [1.82, 2.24) is 0 Å². The highest BCUT2D eigenvalue weighted by molar-refractivity contribution is 5.95. The van der Waals surface area contributed by atoms with Crippen LogP contribution in [0.15, 0.2) is 24.3 Å². The average Bonchev–Trinajstić information content (AvgIpc) is 2.59. The topological polar surface area (TPSA) is 64.6 Å². The second-order valence-electron chi connectivity index (χ2n) is 8.27. The molecule has 4 fully saturated rings. The summed E-state index contributed by atoms with van der Waals surface area (Å²) in [4.78, 5) is 24.5. The lowest BCUT2D eigenvalue weighted by Gasteiger charge is -2.55. The van der Waals surface area contributed by atoms with E-state index in [0.29, 0.717) is 12.4 Å². The van der Waals surface area contributed by atoms with Crippen LogP contribution >= 0.6 is 0 Å². The third-order valence-corrected chi connectivity index (χ3v) is 6.27. The molecule has 4 aliphatic carbocycles. The average molecular weight is 357 g/mol. The molecule has 140 valence electrons. The lowest BCUT2D eigenvalue weighted by atomic mass is 9.49. The van der Waals surface area contributed by atoms with Crippen LogP contribution in [0.5, 0.6) is 5.75 Å². The number of amides is 1. The van der Waals surface area contributed by atoms with Crippen molar-refractivity contribution in [2.75, 3.05) is 18.5 Å². The summed E-state index contributed by atoms with van der Waals surface area (Å²) < 4.78 is 10.3. The van der Waals surface area contributed by atoms with E-state index >= 15 is 0 Å². The van der Waals surface area contributed by atoms with E-state index in [9.17, 15) is 9.59 Å². The van der Waals surface area contributed by atoms with Crippen molar-refractivity contribution in [2.24, 2.45) is 23.2 Å². The third kappa shape index (κ3) is 3.44. The third-order valence-electron chi connectivity index (χ3n) is 6.27. The Kier molecular flexibility index (Phi) is 4.63. The van der Waals surface area contributed by atoms with Gasteiger partial charge in [0.15, 0.2) is 6.61 Å². The summed E-state index contributed by atoms with van der Waals surface area (Å²) in [6.07, 6.45) is 7.11. The first-order valence-electron chi connectivity index (χ1n) is 9.76. The first-order valence-corrected chi connectivity index (χ1v) is 9.76. The van der Waals surface area contributed by atoms with Gasteiger partial charge in [0, 0.05) is 11.8 Å². The second kappa shape index (κ2) is 6.93. The molecule has 0 spiro atoms. The Bertz CT molecular complexity index is 664. The van der Waals surface area contributed by atoms with Gasteiger partial charge in [-0.25, -0.2) is 4.79 Å². The Labute approximate surface area is 154 Å². The molecule has 0 aliphatic heterocycles. The zero-order valence-corrected chi connectivity index (χ0v) is 15.3. The molecular weight excluding hydrogens is 330 g/mol. The Balaban J connectivity index is 1.40. The second-order valence-corrected chi connectivity index (χ2v) is 8.27. The summed E-state index contributed by atoms with van der Waals surface area (Å²) in [7, 11) is 0. The number of hydrogen-bond acceptors (Lipinski definition) is 4. The normalized spacial score (nSPS) is 31.5. The van der Waals surface area contributed by atoms with Gasteiger partial charge in [0.2, 0.25) is 5.91 Å². The molecule has 1 aromatic rings. The minimum atomic E-state index is -0.393. The fourth-order valence-electron chi connectivity index (χ4n) is 5.66. The van der Waals surface area contributed by atoms with E-state index in [1.807, 2.05) is 12.1 Å². The molecule has 1 aromatic carbocycles. The molecule has 1 amide bonds. The fourth-order valence-corrected chi connectivity index (χ4v) is 5.66. The number of esters is 1. The quantitative estimate of drug-likeness (QED) is 0.787. The molecule has 0 aromatic heterocycles. The van der Waals surface area contributed by atoms with Gasteiger partial charge in [-0.3, -0.25) is 4.79 Å². The molecule has 0 heterocycles. The molecule has 5 rings (SSSR count). The summed E-state index contributed by atoms with van der Waals surface area (Å²) in [5, 5.41) is 3.12. The molecule has 0 saturated heterocycles. The van der Waals surface area contributed by atoms with E-state index in [2.05, 4.69) is 5.32 Å². The van der Waals surface area contributed by atoms with Crippen molar-refractivity contribution >= 4 is 17.6 Å². The van der Waals surface area contributed by atoms with Crippen LogP contribution in [-0.4, -0.2) is 25.1 Å². The first-order chi connectivity index (χ1) is 12.6. The Morgan fingerprint density at radius 1 is 1.12 bits per heavy atom. The van der Waals surface area contributed by atoms with E-state index in [1.165, 1.54) is 19.3 Å². The van der Waals surface area contributed by atoms with Gasteiger partial charge < -0.3 is 14.8 Å². The molecule has 4 saturated carbocycles.